The molecule has 5 nitrogen and oxygen atoms in total. The first kappa shape index (κ1) is 11.5. The third kappa shape index (κ3) is 1.94. The second-order valence-corrected chi connectivity index (χ2v) is 6.36. The lowest BCUT2D eigenvalue weighted by Crippen LogP contribution is -2.20. The van der Waals surface area contributed by atoms with Crippen molar-refractivity contribution >= 4 is 25.7 Å². The number of carboxylic acid groups (broad SMARTS) is 1. The first-order valence-corrected chi connectivity index (χ1v) is 7.10. The molecule has 0 bridgehead atoms. The maximum Gasteiger partial charge on any atom is 0.352 e. The first-order valence-electron chi connectivity index (χ1n) is 4.79. The minimum atomic E-state index is -3.87. The van der Waals surface area contributed by atoms with Crippen LogP contribution < -0.4 is 0 Å². The zero-order chi connectivity index (χ0) is 11.9. The van der Waals surface area contributed by atoms with Crippen LogP contribution in [0.1, 0.15) is 35.8 Å². The quantitative estimate of drug-likeness (QED) is 0.844. The van der Waals surface area contributed by atoms with Gasteiger partial charge in [0.05, 0.1) is 0 Å². The van der Waals surface area contributed by atoms with E-state index in [1.807, 2.05) is 0 Å². The molecule has 0 unspecified atom stereocenters. The fraction of sp³-hybridized carbons (Fsp3) is 0.444. The predicted molar refractivity (Wildman–Crippen MR) is 57.3 cm³/mol. The van der Waals surface area contributed by atoms with E-state index in [4.69, 9.17) is 15.8 Å². The lowest BCUT2D eigenvalue weighted by Gasteiger charge is -2.28. The molecule has 2 rings (SSSR count). The SMILES string of the molecule is O=C(O)c1cc(S(=O)(=O)Cl)cn1C1CCC1. The van der Waals surface area contributed by atoms with Crippen LogP contribution in [0.15, 0.2) is 17.2 Å². The van der Waals surface area contributed by atoms with Gasteiger partial charge < -0.3 is 9.67 Å². The molecule has 0 aliphatic heterocycles. The van der Waals surface area contributed by atoms with Crippen LogP contribution in [0.5, 0.6) is 0 Å². The Kier molecular flexibility index (Phi) is 2.71. The molecule has 1 N–H and O–H groups in total. The van der Waals surface area contributed by atoms with Crippen molar-refractivity contribution in [2.24, 2.45) is 0 Å². The summed E-state index contributed by atoms with van der Waals surface area (Å²) in [6.45, 7) is 0. The molecule has 0 radical (unpaired) electrons. The topological polar surface area (TPSA) is 76.4 Å². The van der Waals surface area contributed by atoms with Crippen LogP contribution >= 0.6 is 10.7 Å². The summed E-state index contributed by atoms with van der Waals surface area (Å²) in [7, 11) is 1.31. The summed E-state index contributed by atoms with van der Waals surface area (Å²) in [5, 5.41) is 8.95. The summed E-state index contributed by atoms with van der Waals surface area (Å²) in [6, 6.07) is 1.18. The molecular weight excluding hydrogens is 254 g/mol. The molecule has 0 amide bonds. The van der Waals surface area contributed by atoms with Gasteiger partial charge in [-0.2, -0.15) is 0 Å². The van der Waals surface area contributed by atoms with Crippen molar-refractivity contribution in [1.82, 2.24) is 4.57 Å². The van der Waals surface area contributed by atoms with Crippen molar-refractivity contribution in [2.45, 2.75) is 30.2 Å². The van der Waals surface area contributed by atoms with Gasteiger partial charge in [0.2, 0.25) is 0 Å². The van der Waals surface area contributed by atoms with Crippen LogP contribution in [0.25, 0.3) is 0 Å². The van der Waals surface area contributed by atoms with E-state index in [2.05, 4.69) is 0 Å². The molecule has 16 heavy (non-hydrogen) atoms. The number of carboxylic acids is 1. The highest BCUT2D eigenvalue weighted by atomic mass is 35.7. The highest BCUT2D eigenvalue weighted by molar-refractivity contribution is 8.13. The van der Waals surface area contributed by atoms with Crippen LogP contribution in [0.3, 0.4) is 0 Å². The Labute approximate surface area is 97.1 Å². The van der Waals surface area contributed by atoms with Crippen LogP contribution in [0, 0.1) is 0 Å². The van der Waals surface area contributed by atoms with Crippen LogP contribution in [-0.2, 0) is 9.05 Å². The number of hydrogen-bond donors (Lipinski definition) is 1. The Morgan fingerprint density at radius 1 is 1.50 bits per heavy atom. The third-order valence-corrected chi connectivity index (χ3v) is 4.11. The molecule has 88 valence electrons. The Bertz CT molecular complexity index is 530. The van der Waals surface area contributed by atoms with Gasteiger partial charge in [-0.15, -0.1) is 0 Å². The molecule has 1 aliphatic rings. The lowest BCUT2D eigenvalue weighted by atomic mass is 9.93. The van der Waals surface area contributed by atoms with Gasteiger partial charge in [-0.3, -0.25) is 0 Å². The Morgan fingerprint density at radius 2 is 2.12 bits per heavy atom. The number of nitrogens with zero attached hydrogens (tertiary/aromatic N) is 1. The van der Waals surface area contributed by atoms with E-state index in [9.17, 15) is 13.2 Å². The van der Waals surface area contributed by atoms with Crippen LogP contribution in [0.4, 0.5) is 0 Å². The van der Waals surface area contributed by atoms with Crippen molar-refractivity contribution in [1.29, 1.82) is 0 Å². The second-order valence-electron chi connectivity index (χ2n) is 3.80. The summed E-state index contributed by atoms with van der Waals surface area (Å²) >= 11 is 0. The highest BCUT2D eigenvalue weighted by Crippen LogP contribution is 2.34. The van der Waals surface area contributed by atoms with Gasteiger partial charge in [0, 0.05) is 22.9 Å². The van der Waals surface area contributed by atoms with Crippen molar-refractivity contribution in [3.05, 3.63) is 18.0 Å². The van der Waals surface area contributed by atoms with E-state index in [1.165, 1.54) is 10.8 Å². The number of halogens is 1. The largest absolute Gasteiger partial charge is 0.477 e. The molecule has 1 fully saturated rings. The number of rotatable bonds is 3. The van der Waals surface area contributed by atoms with Crippen molar-refractivity contribution < 1.29 is 18.3 Å². The molecule has 1 saturated carbocycles. The molecule has 1 aliphatic carbocycles. The fourth-order valence-corrected chi connectivity index (χ4v) is 2.47. The normalized spacial score (nSPS) is 17.1. The summed E-state index contributed by atoms with van der Waals surface area (Å²) in [5.41, 5.74) is -0.0241. The highest BCUT2D eigenvalue weighted by Gasteiger charge is 2.27. The molecule has 7 heteroatoms. The minimum absolute atomic E-state index is 0.0241. The average Bonchev–Trinajstić information content (AvgIpc) is 2.44. The van der Waals surface area contributed by atoms with Gasteiger partial charge in [-0.05, 0) is 25.3 Å². The standard InChI is InChI=1S/C9H10ClNO4S/c10-16(14,15)7-4-8(9(12)13)11(5-7)6-2-1-3-6/h4-6H,1-3H2,(H,12,13). The molecule has 0 aromatic carbocycles. The van der Waals surface area contributed by atoms with Crippen LogP contribution in [-0.4, -0.2) is 24.1 Å². The smallest absolute Gasteiger partial charge is 0.352 e. The fourth-order valence-electron chi connectivity index (χ4n) is 1.73. The number of hydrogen-bond acceptors (Lipinski definition) is 3. The molecule has 1 aromatic heterocycles. The Hall–Kier alpha value is -1.01. The third-order valence-electron chi connectivity index (χ3n) is 2.79. The number of aromatic carboxylic acids is 1. The number of carbonyl (C=O) groups is 1. The minimum Gasteiger partial charge on any atom is -0.477 e. The first-order chi connectivity index (χ1) is 7.39. The maximum atomic E-state index is 11.1. The van der Waals surface area contributed by atoms with Gasteiger partial charge in [-0.1, -0.05) is 0 Å². The van der Waals surface area contributed by atoms with E-state index < -0.39 is 15.0 Å². The monoisotopic (exact) mass is 263 g/mol. The van der Waals surface area contributed by atoms with Crippen molar-refractivity contribution in [3.63, 3.8) is 0 Å². The molecule has 1 aromatic rings. The summed E-state index contributed by atoms with van der Waals surface area (Å²) in [5.74, 6) is -1.14. The lowest BCUT2D eigenvalue weighted by molar-refractivity contribution is 0.0678. The van der Waals surface area contributed by atoms with Crippen LogP contribution in [0.2, 0.25) is 0 Å². The molecule has 0 atom stereocenters. The number of aromatic nitrogens is 1. The summed E-state index contributed by atoms with van der Waals surface area (Å²) in [4.78, 5) is 10.8. The Balaban J connectivity index is 2.49. The maximum absolute atomic E-state index is 11.1. The van der Waals surface area contributed by atoms with E-state index >= 15 is 0 Å². The molecule has 0 saturated heterocycles. The van der Waals surface area contributed by atoms with Gasteiger partial charge in [0.25, 0.3) is 9.05 Å². The summed E-state index contributed by atoms with van der Waals surface area (Å²) in [6.07, 6.45) is 4.08. The van der Waals surface area contributed by atoms with E-state index in [0.29, 0.717) is 0 Å². The molecule has 0 spiro atoms. The Morgan fingerprint density at radius 3 is 2.50 bits per heavy atom. The molecule has 1 heterocycles. The predicted octanol–water partition coefficient (Wildman–Crippen LogP) is 1.84. The average molecular weight is 264 g/mol. The van der Waals surface area contributed by atoms with Gasteiger partial charge in [0.1, 0.15) is 10.6 Å². The zero-order valence-electron chi connectivity index (χ0n) is 8.26. The van der Waals surface area contributed by atoms with E-state index in [1.54, 1.807) is 0 Å². The van der Waals surface area contributed by atoms with Gasteiger partial charge in [0.15, 0.2) is 0 Å². The van der Waals surface area contributed by atoms with E-state index in [0.717, 1.165) is 25.3 Å². The zero-order valence-corrected chi connectivity index (χ0v) is 9.83. The summed E-state index contributed by atoms with van der Waals surface area (Å²) < 4.78 is 23.7. The second kappa shape index (κ2) is 3.78. The van der Waals surface area contributed by atoms with Crippen molar-refractivity contribution in [3.8, 4) is 0 Å². The molecular formula is C9H10ClNO4S. The van der Waals surface area contributed by atoms with Gasteiger partial charge in [-0.25, -0.2) is 13.2 Å². The van der Waals surface area contributed by atoms with Crippen molar-refractivity contribution in [2.75, 3.05) is 0 Å². The van der Waals surface area contributed by atoms with E-state index in [-0.39, 0.29) is 16.6 Å². The van der Waals surface area contributed by atoms with Gasteiger partial charge >= 0.3 is 5.97 Å².